The molecular weight excluding hydrogens is 426 g/mol. The van der Waals surface area contributed by atoms with Crippen LogP contribution in [0.25, 0.3) is 10.8 Å². The van der Waals surface area contributed by atoms with Crippen molar-refractivity contribution in [3.05, 3.63) is 71.8 Å². The molecule has 0 atom stereocenters. The van der Waals surface area contributed by atoms with Crippen molar-refractivity contribution in [3.8, 4) is 5.75 Å². The first-order chi connectivity index (χ1) is 15.5. The highest BCUT2D eigenvalue weighted by atomic mass is 32.2. The summed E-state index contributed by atoms with van der Waals surface area (Å²) >= 11 is 0. The lowest BCUT2D eigenvalue weighted by atomic mass is 10.1. The molecule has 3 aromatic carbocycles. The number of hydrogen-bond acceptors (Lipinski definition) is 5. The van der Waals surface area contributed by atoms with Crippen molar-refractivity contribution < 1.29 is 22.7 Å². The number of carbonyl (C=O) groups excluding carboxylic acids is 1. The predicted octanol–water partition coefficient (Wildman–Crippen LogP) is 4.77. The highest BCUT2D eigenvalue weighted by Gasteiger charge is 2.29. The van der Waals surface area contributed by atoms with Gasteiger partial charge in [0.2, 0.25) is 10.0 Å². The first kappa shape index (κ1) is 22.3. The minimum absolute atomic E-state index is 0.00140. The van der Waals surface area contributed by atoms with Gasteiger partial charge in [0.25, 0.3) is 0 Å². The lowest BCUT2D eigenvalue weighted by Gasteiger charge is -2.21. The Balaban J connectivity index is 1.58. The summed E-state index contributed by atoms with van der Waals surface area (Å²) in [6.07, 6.45) is 3.69. The van der Waals surface area contributed by atoms with Gasteiger partial charge in [-0.1, -0.05) is 55.3 Å². The number of rotatable bonds is 6. The van der Waals surface area contributed by atoms with Gasteiger partial charge in [-0.2, -0.15) is 4.31 Å². The monoisotopic (exact) mass is 453 g/mol. The normalized spacial score (nSPS) is 15.3. The third kappa shape index (κ3) is 4.64. The molecule has 1 heterocycles. The first-order valence-electron chi connectivity index (χ1n) is 10.8. The minimum atomic E-state index is -3.78. The van der Waals surface area contributed by atoms with E-state index in [0.717, 1.165) is 42.0 Å². The molecule has 0 radical (unpaired) electrons. The molecule has 32 heavy (non-hydrogen) atoms. The van der Waals surface area contributed by atoms with E-state index in [1.807, 2.05) is 42.5 Å². The SMILES string of the molecule is COc1ccc(C(=O)OCc2cccc3ccccc23)cc1S(=O)(=O)N1CCCCCC1. The second-order valence-corrected chi connectivity index (χ2v) is 9.80. The zero-order valence-corrected chi connectivity index (χ0v) is 18.9. The Morgan fingerprint density at radius 3 is 2.41 bits per heavy atom. The van der Waals surface area contributed by atoms with Gasteiger partial charge in [-0.25, -0.2) is 13.2 Å². The summed E-state index contributed by atoms with van der Waals surface area (Å²) in [5.74, 6) is -0.354. The Morgan fingerprint density at radius 1 is 0.938 bits per heavy atom. The highest BCUT2D eigenvalue weighted by molar-refractivity contribution is 7.89. The fourth-order valence-corrected chi connectivity index (χ4v) is 5.77. The molecule has 0 N–H and O–H groups in total. The van der Waals surface area contributed by atoms with Crippen molar-refractivity contribution in [3.63, 3.8) is 0 Å². The van der Waals surface area contributed by atoms with Crippen LogP contribution in [0.5, 0.6) is 5.75 Å². The van der Waals surface area contributed by atoms with Gasteiger partial charge in [-0.3, -0.25) is 0 Å². The third-order valence-electron chi connectivity index (χ3n) is 5.82. The molecule has 1 fully saturated rings. The zero-order chi connectivity index (χ0) is 22.6. The van der Waals surface area contributed by atoms with E-state index in [1.165, 1.54) is 29.6 Å². The molecular formula is C25H27NO5S. The Hall–Kier alpha value is -2.90. The number of nitrogens with zero attached hydrogens (tertiary/aromatic N) is 1. The number of ether oxygens (including phenoxy) is 2. The smallest absolute Gasteiger partial charge is 0.338 e. The van der Waals surface area contributed by atoms with Gasteiger partial charge in [0.15, 0.2) is 0 Å². The molecule has 0 spiro atoms. The summed E-state index contributed by atoms with van der Waals surface area (Å²) in [7, 11) is -2.35. The van der Waals surface area contributed by atoms with Gasteiger partial charge >= 0.3 is 5.97 Å². The van der Waals surface area contributed by atoms with Gasteiger partial charge in [0.05, 0.1) is 12.7 Å². The van der Waals surface area contributed by atoms with Crippen LogP contribution in [0.3, 0.4) is 0 Å². The van der Waals surface area contributed by atoms with Gasteiger partial charge in [-0.05, 0) is 47.4 Å². The molecule has 0 aliphatic carbocycles. The van der Waals surface area contributed by atoms with Crippen molar-refractivity contribution in [1.82, 2.24) is 4.31 Å². The maximum absolute atomic E-state index is 13.3. The number of esters is 1. The lowest BCUT2D eigenvalue weighted by molar-refractivity contribution is 0.0474. The Labute approximate surface area is 188 Å². The van der Waals surface area contributed by atoms with Gasteiger partial charge in [-0.15, -0.1) is 0 Å². The molecule has 168 valence electrons. The molecule has 1 aliphatic rings. The molecule has 6 nitrogen and oxygen atoms in total. The number of hydrogen-bond donors (Lipinski definition) is 0. The summed E-state index contributed by atoms with van der Waals surface area (Å²) in [6.45, 7) is 1.04. The van der Waals surface area contributed by atoms with Crippen LogP contribution in [-0.4, -0.2) is 38.9 Å². The number of carbonyl (C=O) groups is 1. The van der Waals surface area contributed by atoms with E-state index < -0.39 is 16.0 Å². The zero-order valence-electron chi connectivity index (χ0n) is 18.1. The Kier molecular flexibility index (Phi) is 6.77. The van der Waals surface area contributed by atoms with E-state index in [0.29, 0.717) is 13.1 Å². The van der Waals surface area contributed by atoms with Crippen molar-refractivity contribution in [2.45, 2.75) is 37.2 Å². The number of methoxy groups -OCH3 is 1. The average molecular weight is 454 g/mol. The van der Waals surface area contributed by atoms with Crippen LogP contribution in [0.2, 0.25) is 0 Å². The highest BCUT2D eigenvalue weighted by Crippen LogP contribution is 2.30. The Bertz CT molecular complexity index is 1210. The van der Waals surface area contributed by atoms with E-state index >= 15 is 0 Å². The summed E-state index contributed by atoms with van der Waals surface area (Å²) in [5, 5.41) is 2.08. The molecule has 4 rings (SSSR count). The molecule has 0 saturated carbocycles. The second-order valence-electron chi connectivity index (χ2n) is 7.90. The summed E-state index contributed by atoms with van der Waals surface area (Å²) in [4.78, 5) is 12.8. The minimum Gasteiger partial charge on any atom is -0.495 e. The molecule has 0 amide bonds. The molecule has 1 saturated heterocycles. The topological polar surface area (TPSA) is 72.9 Å². The molecule has 0 bridgehead atoms. The van der Waals surface area contributed by atoms with Crippen LogP contribution in [0, 0.1) is 0 Å². The summed E-state index contributed by atoms with van der Waals surface area (Å²) in [6, 6.07) is 18.1. The Morgan fingerprint density at radius 2 is 1.66 bits per heavy atom. The second kappa shape index (κ2) is 9.71. The largest absolute Gasteiger partial charge is 0.495 e. The van der Waals surface area contributed by atoms with Gasteiger partial charge < -0.3 is 9.47 Å². The third-order valence-corrected chi connectivity index (χ3v) is 7.74. The van der Waals surface area contributed by atoms with Crippen LogP contribution in [0.1, 0.15) is 41.6 Å². The van der Waals surface area contributed by atoms with Crippen LogP contribution >= 0.6 is 0 Å². The molecule has 7 heteroatoms. The van der Waals surface area contributed by atoms with Gasteiger partial charge in [0.1, 0.15) is 17.3 Å². The maximum atomic E-state index is 13.3. The summed E-state index contributed by atoms with van der Waals surface area (Å²) in [5.41, 5.74) is 1.07. The van der Waals surface area contributed by atoms with Crippen molar-refractivity contribution in [2.75, 3.05) is 20.2 Å². The number of sulfonamides is 1. The average Bonchev–Trinajstić information content (AvgIpc) is 3.12. The predicted molar refractivity (Wildman–Crippen MR) is 123 cm³/mol. The van der Waals surface area contributed by atoms with Crippen LogP contribution in [-0.2, 0) is 21.4 Å². The molecule has 3 aromatic rings. The van der Waals surface area contributed by atoms with Crippen molar-refractivity contribution in [1.29, 1.82) is 0 Å². The molecule has 1 aliphatic heterocycles. The van der Waals surface area contributed by atoms with Crippen molar-refractivity contribution >= 4 is 26.8 Å². The quantitative estimate of drug-likeness (QED) is 0.503. The molecule has 0 unspecified atom stereocenters. The van der Waals surface area contributed by atoms with Crippen LogP contribution < -0.4 is 4.74 Å². The van der Waals surface area contributed by atoms with E-state index in [1.54, 1.807) is 0 Å². The van der Waals surface area contributed by atoms with E-state index in [-0.39, 0.29) is 22.8 Å². The van der Waals surface area contributed by atoms with E-state index in [2.05, 4.69) is 0 Å². The van der Waals surface area contributed by atoms with Crippen LogP contribution in [0.15, 0.2) is 65.6 Å². The maximum Gasteiger partial charge on any atom is 0.338 e. The van der Waals surface area contributed by atoms with Crippen LogP contribution in [0.4, 0.5) is 0 Å². The number of fused-ring (bicyclic) bond motifs is 1. The number of benzene rings is 3. The van der Waals surface area contributed by atoms with E-state index in [9.17, 15) is 13.2 Å². The lowest BCUT2D eigenvalue weighted by Crippen LogP contribution is -2.32. The fourth-order valence-electron chi connectivity index (χ4n) is 4.07. The standard InChI is InChI=1S/C25H27NO5S/c1-30-23-14-13-20(17-24(23)32(28,29)26-15-6-2-3-7-16-26)25(27)31-18-21-11-8-10-19-9-4-5-12-22(19)21/h4-5,8-14,17H,2-3,6-7,15-16,18H2,1H3. The van der Waals surface area contributed by atoms with Crippen molar-refractivity contribution in [2.24, 2.45) is 0 Å². The molecule has 0 aromatic heterocycles. The first-order valence-corrected chi connectivity index (χ1v) is 12.3. The fraction of sp³-hybridized carbons (Fsp3) is 0.320. The van der Waals surface area contributed by atoms with E-state index in [4.69, 9.17) is 9.47 Å². The summed E-state index contributed by atoms with van der Waals surface area (Å²) < 4.78 is 39.0. The van der Waals surface area contributed by atoms with Gasteiger partial charge in [0, 0.05) is 13.1 Å².